The van der Waals surface area contributed by atoms with E-state index in [0.29, 0.717) is 25.1 Å². The van der Waals surface area contributed by atoms with Crippen LogP contribution in [0.25, 0.3) is 5.65 Å². The topological polar surface area (TPSA) is 83.7 Å². The first-order valence-corrected chi connectivity index (χ1v) is 6.10. The molecule has 0 bridgehead atoms. The number of hydrogen-bond acceptors (Lipinski definition) is 3. The van der Waals surface area contributed by atoms with Gasteiger partial charge in [0.1, 0.15) is 11.3 Å². The molecule has 6 heteroatoms. The van der Waals surface area contributed by atoms with Crippen LogP contribution >= 0.6 is 0 Å². The number of pyridine rings is 1. The minimum atomic E-state index is -0.813. The minimum Gasteiger partial charge on any atom is -0.481 e. The van der Waals surface area contributed by atoms with Crippen LogP contribution in [0.1, 0.15) is 29.8 Å². The van der Waals surface area contributed by atoms with E-state index < -0.39 is 5.97 Å². The number of imidazole rings is 1. The second-order valence-electron chi connectivity index (χ2n) is 4.20. The number of nitrogens with one attached hydrogen (secondary N) is 1. The van der Waals surface area contributed by atoms with Crippen LogP contribution in [-0.2, 0) is 4.79 Å². The lowest BCUT2D eigenvalue weighted by atomic mass is 10.2. The van der Waals surface area contributed by atoms with Crippen LogP contribution in [0.5, 0.6) is 0 Å². The average Bonchev–Trinajstić information content (AvgIpc) is 2.81. The molecule has 2 rings (SSSR count). The molecule has 19 heavy (non-hydrogen) atoms. The van der Waals surface area contributed by atoms with E-state index in [1.807, 2.05) is 24.4 Å². The molecule has 2 aromatic rings. The van der Waals surface area contributed by atoms with Crippen molar-refractivity contribution in [3.8, 4) is 0 Å². The number of fused-ring (bicyclic) bond motifs is 1. The number of unbranched alkanes of at least 4 members (excludes halogenated alkanes) is 1. The summed E-state index contributed by atoms with van der Waals surface area (Å²) in [6.07, 6.45) is 4.82. The number of rotatable bonds is 6. The Morgan fingerprint density at radius 2 is 2.16 bits per heavy atom. The van der Waals surface area contributed by atoms with E-state index in [9.17, 15) is 9.59 Å². The molecule has 0 aliphatic heterocycles. The molecular weight excluding hydrogens is 246 g/mol. The summed E-state index contributed by atoms with van der Waals surface area (Å²) in [5.74, 6) is -1.05. The fourth-order valence-corrected chi connectivity index (χ4v) is 1.74. The van der Waals surface area contributed by atoms with E-state index in [4.69, 9.17) is 5.11 Å². The molecule has 2 aromatic heterocycles. The number of amides is 1. The molecular formula is C13H15N3O3. The van der Waals surface area contributed by atoms with Gasteiger partial charge in [0.2, 0.25) is 0 Å². The van der Waals surface area contributed by atoms with Crippen molar-refractivity contribution in [2.24, 2.45) is 0 Å². The largest absolute Gasteiger partial charge is 0.481 e. The van der Waals surface area contributed by atoms with E-state index in [2.05, 4.69) is 10.3 Å². The molecule has 0 aliphatic rings. The SMILES string of the molecule is O=C(O)CCCCNC(=O)c1cn2ccccc2n1. The zero-order chi connectivity index (χ0) is 13.7. The smallest absolute Gasteiger partial charge is 0.303 e. The number of nitrogens with zero attached hydrogens (tertiary/aromatic N) is 2. The summed E-state index contributed by atoms with van der Waals surface area (Å²) >= 11 is 0. The molecule has 2 N–H and O–H groups in total. The summed E-state index contributed by atoms with van der Waals surface area (Å²) in [5, 5.41) is 11.2. The summed E-state index contributed by atoms with van der Waals surface area (Å²) < 4.78 is 1.78. The van der Waals surface area contributed by atoms with Gasteiger partial charge in [0.15, 0.2) is 0 Å². The third-order valence-electron chi connectivity index (χ3n) is 2.70. The van der Waals surface area contributed by atoms with Gasteiger partial charge in [-0.15, -0.1) is 0 Å². The van der Waals surface area contributed by atoms with Gasteiger partial charge in [-0.3, -0.25) is 9.59 Å². The van der Waals surface area contributed by atoms with E-state index in [1.54, 1.807) is 10.6 Å². The number of carbonyl (C=O) groups is 2. The number of hydrogen-bond donors (Lipinski definition) is 2. The lowest BCUT2D eigenvalue weighted by Gasteiger charge is -2.01. The van der Waals surface area contributed by atoms with Crippen molar-refractivity contribution in [1.82, 2.24) is 14.7 Å². The highest BCUT2D eigenvalue weighted by Gasteiger charge is 2.09. The first kappa shape index (κ1) is 13.1. The lowest BCUT2D eigenvalue weighted by Crippen LogP contribution is -2.24. The Kier molecular flexibility index (Phi) is 4.12. The molecule has 1 amide bonds. The van der Waals surface area contributed by atoms with E-state index in [1.165, 1.54) is 0 Å². The Morgan fingerprint density at radius 1 is 1.32 bits per heavy atom. The number of aliphatic carboxylic acids is 1. The van der Waals surface area contributed by atoms with Crippen LogP contribution in [0.2, 0.25) is 0 Å². The number of carbonyl (C=O) groups excluding carboxylic acids is 1. The van der Waals surface area contributed by atoms with Crippen molar-refractivity contribution in [3.63, 3.8) is 0 Å². The van der Waals surface area contributed by atoms with Crippen molar-refractivity contribution in [3.05, 3.63) is 36.3 Å². The highest BCUT2D eigenvalue weighted by atomic mass is 16.4. The zero-order valence-electron chi connectivity index (χ0n) is 10.4. The third-order valence-corrected chi connectivity index (χ3v) is 2.70. The molecule has 0 spiro atoms. The maximum absolute atomic E-state index is 11.8. The number of aromatic nitrogens is 2. The Bertz CT molecular complexity index is 559. The molecule has 0 fully saturated rings. The first-order chi connectivity index (χ1) is 9.16. The van der Waals surface area contributed by atoms with Crippen LogP contribution in [0.3, 0.4) is 0 Å². The molecule has 100 valence electrons. The minimum absolute atomic E-state index is 0.129. The van der Waals surface area contributed by atoms with Gasteiger partial charge in [-0.2, -0.15) is 0 Å². The highest BCUT2D eigenvalue weighted by molar-refractivity contribution is 5.92. The Labute approximate surface area is 110 Å². The standard InChI is InChI=1S/C13H15N3O3/c17-12(18)6-1-3-7-14-13(19)10-9-16-8-4-2-5-11(16)15-10/h2,4-5,8-9H,1,3,6-7H2,(H,14,19)(H,17,18). The maximum Gasteiger partial charge on any atom is 0.303 e. The zero-order valence-corrected chi connectivity index (χ0v) is 10.4. The quantitative estimate of drug-likeness (QED) is 0.768. The van der Waals surface area contributed by atoms with Gasteiger partial charge in [0, 0.05) is 25.4 Å². The Morgan fingerprint density at radius 3 is 2.89 bits per heavy atom. The van der Waals surface area contributed by atoms with Gasteiger partial charge >= 0.3 is 5.97 Å². The van der Waals surface area contributed by atoms with Crippen LogP contribution in [0, 0.1) is 0 Å². The van der Waals surface area contributed by atoms with Crippen molar-refractivity contribution >= 4 is 17.5 Å². The fraction of sp³-hybridized carbons (Fsp3) is 0.308. The third kappa shape index (κ3) is 3.54. The summed E-state index contributed by atoms with van der Waals surface area (Å²) in [5.41, 5.74) is 1.09. The predicted octanol–water partition coefficient (Wildman–Crippen LogP) is 1.32. The summed E-state index contributed by atoms with van der Waals surface area (Å²) in [4.78, 5) is 26.3. The molecule has 0 aromatic carbocycles. The summed E-state index contributed by atoms with van der Waals surface area (Å²) in [6, 6.07) is 5.54. The second-order valence-corrected chi connectivity index (χ2v) is 4.20. The van der Waals surface area contributed by atoms with Crippen LogP contribution in [0.15, 0.2) is 30.6 Å². The molecule has 0 saturated carbocycles. The molecule has 2 heterocycles. The Hall–Kier alpha value is -2.37. The average molecular weight is 261 g/mol. The van der Waals surface area contributed by atoms with E-state index >= 15 is 0 Å². The first-order valence-electron chi connectivity index (χ1n) is 6.10. The fourth-order valence-electron chi connectivity index (χ4n) is 1.74. The summed E-state index contributed by atoms with van der Waals surface area (Å²) in [7, 11) is 0. The van der Waals surface area contributed by atoms with Crippen LogP contribution in [0.4, 0.5) is 0 Å². The molecule has 0 atom stereocenters. The molecule has 0 unspecified atom stereocenters. The predicted molar refractivity (Wildman–Crippen MR) is 69.0 cm³/mol. The monoisotopic (exact) mass is 261 g/mol. The number of carboxylic acids is 1. The summed E-state index contributed by atoms with van der Waals surface area (Å²) in [6.45, 7) is 0.458. The lowest BCUT2D eigenvalue weighted by molar-refractivity contribution is -0.137. The second kappa shape index (κ2) is 5.99. The van der Waals surface area contributed by atoms with Crippen molar-refractivity contribution in [2.75, 3.05) is 6.54 Å². The van der Waals surface area contributed by atoms with Crippen LogP contribution < -0.4 is 5.32 Å². The number of carboxylic acid groups (broad SMARTS) is 1. The van der Waals surface area contributed by atoms with Gasteiger partial charge in [0.25, 0.3) is 5.91 Å². The molecule has 0 radical (unpaired) electrons. The maximum atomic E-state index is 11.8. The van der Waals surface area contributed by atoms with Gasteiger partial charge < -0.3 is 14.8 Å². The molecule has 0 saturated heterocycles. The molecule has 0 aliphatic carbocycles. The van der Waals surface area contributed by atoms with Gasteiger partial charge in [-0.25, -0.2) is 4.98 Å². The van der Waals surface area contributed by atoms with E-state index in [-0.39, 0.29) is 12.3 Å². The molecule has 6 nitrogen and oxygen atoms in total. The van der Waals surface area contributed by atoms with Crippen LogP contribution in [-0.4, -0.2) is 32.9 Å². The van der Waals surface area contributed by atoms with Crippen molar-refractivity contribution < 1.29 is 14.7 Å². The van der Waals surface area contributed by atoms with Gasteiger partial charge in [-0.05, 0) is 25.0 Å². The Balaban J connectivity index is 1.84. The van der Waals surface area contributed by atoms with Gasteiger partial charge in [0.05, 0.1) is 0 Å². The van der Waals surface area contributed by atoms with Crippen molar-refractivity contribution in [2.45, 2.75) is 19.3 Å². The normalized spacial score (nSPS) is 10.5. The van der Waals surface area contributed by atoms with Gasteiger partial charge in [-0.1, -0.05) is 6.07 Å². The van der Waals surface area contributed by atoms with Crippen molar-refractivity contribution in [1.29, 1.82) is 0 Å². The highest BCUT2D eigenvalue weighted by Crippen LogP contribution is 2.04. The van der Waals surface area contributed by atoms with E-state index in [0.717, 1.165) is 5.65 Å².